The maximum Gasteiger partial charge on any atom is 0.0409 e. The van der Waals surface area contributed by atoms with E-state index >= 15 is 0 Å². The zero-order chi connectivity index (χ0) is 9.68. The fourth-order valence-corrected chi connectivity index (χ4v) is 2.32. The smallest absolute Gasteiger partial charge is 0.0409 e. The summed E-state index contributed by atoms with van der Waals surface area (Å²) in [5.41, 5.74) is 0. The van der Waals surface area contributed by atoms with Crippen molar-refractivity contribution in [3.05, 3.63) is 26.9 Å². The molecule has 0 amide bonds. The molecule has 1 heterocycles. The van der Waals surface area contributed by atoms with Crippen LogP contribution < -0.4 is 5.32 Å². The molecule has 0 fully saturated rings. The molecule has 0 spiro atoms. The van der Waals surface area contributed by atoms with Crippen molar-refractivity contribution in [1.82, 2.24) is 5.32 Å². The van der Waals surface area contributed by atoms with Crippen molar-refractivity contribution in [3.63, 3.8) is 0 Å². The summed E-state index contributed by atoms with van der Waals surface area (Å²) in [6, 6.07) is 2.62. The molecule has 1 rings (SSSR count). The number of hydrogen-bond acceptors (Lipinski definition) is 2. The first-order valence-electron chi connectivity index (χ1n) is 4.33. The summed E-state index contributed by atoms with van der Waals surface area (Å²) < 4.78 is 1.18. The van der Waals surface area contributed by atoms with Gasteiger partial charge >= 0.3 is 0 Å². The molecule has 72 valence electrons. The normalized spacial score (nSPS) is 11.7. The van der Waals surface area contributed by atoms with Crippen molar-refractivity contribution >= 4 is 33.3 Å². The van der Waals surface area contributed by atoms with Gasteiger partial charge in [-0.05, 0) is 33.5 Å². The Morgan fingerprint density at radius 1 is 1.62 bits per heavy atom. The minimum atomic E-state index is 0.552. The van der Waals surface area contributed by atoms with Crippen LogP contribution >= 0.6 is 27.3 Å². The second-order valence-electron chi connectivity index (χ2n) is 3.10. The molecular formula is C10H14BrNS. The van der Waals surface area contributed by atoms with Gasteiger partial charge in [0.2, 0.25) is 0 Å². The molecule has 0 aliphatic carbocycles. The fourth-order valence-electron chi connectivity index (χ4n) is 0.894. The van der Waals surface area contributed by atoms with E-state index in [-0.39, 0.29) is 0 Å². The molecule has 0 saturated carbocycles. The van der Waals surface area contributed by atoms with E-state index in [0.29, 0.717) is 6.04 Å². The van der Waals surface area contributed by atoms with Gasteiger partial charge in [0.05, 0.1) is 0 Å². The monoisotopic (exact) mass is 259 g/mol. The van der Waals surface area contributed by atoms with Gasteiger partial charge in [-0.1, -0.05) is 19.9 Å². The second-order valence-corrected chi connectivity index (χ2v) is 4.90. The van der Waals surface area contributed by atoms with E-state index in [1.54, 1.807) is 11.3 Å². The van der Waals surface area contributed by atoms with Crippen LogP contribution in [-0.4, -0.2) is 12.6 Å². The van der Waals surface area contributed by atoms with Gasteiger partial charge in [0.25, 0.3) is 0 Å². The predicted molar refractivity (Wildman–Crippen MR) is 64.2 cm³/mol. The van der Waals surface area contributed by atoms with Gasteiger partial charge in [-0.25, -0.2) is 0 Å². The Morgan fingerprint density at radius 2 is 2.38 bits per heavy atom. The van der Waals surface area contributed by atoms with Crippen LogP contribution in [0.15, 0.2) is 22.0 Å². The predicted octanol–water partition coefficient (Wildman–Crippen LogP) is 3.52. The van der Waals surface area contributed by atoms with Crippen molar-refractivity contribution in [3.8, 4) is 0 Å². The molecule has 0 aliphatic heterocycles. The van der Waals surface area contributed by atoms with Gasteiger partial charge in [-0.3, -0.25) is 0 Å². The largest absolute Gasteiger partial charge is 0.311 e. The Kier molecular flexibility index (Phi) is 4.70. The molecule has 0 radical (unpaired) electrons. The molecule has 0 aliphatic rings. The molecule has 0 bridgehead atoms. The van der Waals surface area contributed by atoms with E-state index < -0.39 is 0 Å². The average Bonchev–Trinajstić information content (AvgIpc) is 2.45. The van der Waals surface area contributed by atoms with Crippen LogP contribution in [0.5, 0.6) is 0 Å². The third-order valence-corrected chi connectivity index (χ3v) is 3.39. The highest BCUT2D eigenvalue weighted by Gasteiger charge is 1.94. The maximum atomic E-state index is 3.49. The Morgan fingerprint density at radius 3 is 2.92 bits per heavy atom. The van der Waals surface area contributed by atoms with Crippen molar-refractivity contribution in [2.24, 2.45) is 0 Å². The molecule has 1 N–H and O–H groups in total. The fraction of sp³-hybridized carbons (Fsp3) is 0.400. The molecule has 0 atom stereocenters. The minimum Gasteiger partial charge on any atom is -0.311 e. The van der Waals surface area contributed by atoms with Gasteiger partial charge in [0.1, 0.15) is 0 Å². The van der Waals surface area contributed by atoms with E-state index in [4.69, 9.17) is 0 Å². The summed E-state index contributed by atoms with van der Waals surface area (Å²) in [6.07, 6.45) is 4.29. The molecule has 1 aromatic rings. The topological polar surface area (TPSA) is 12.0 Å². The second kappa shape index (κ2) is 5.58. The molecule has 0 unspecified atom stereocenters. The van der Waals surface area contributed by atoms with E-state index in [1.807, 2.05) is 0 Å². The lowest BCUT2D eigenvalue weighted by molar-refractivity contribution is 0.633. The van der Waals surface area contributed by atoms with Crippen molar-refractivity contribution < 1.29 is 0 Å². The van der Waals surface area contributed by atoms with Crippen LogP contribution in [0.1, 0.15) is 18.7 Å². The molecule has 0 saturated heterocycles. The molecule has 0 aromatic carbocycles. The number of nitrogens with one attached hydrogen (secondary N) is 1. The number of hydrogen-bond donors (Lipinski definition) is 1. The van der Waals surface area contributed by atoms with Gasteiger partial charge in [0, 0.05) is 21.9 Å². The number of thiophene rings is 1. The molecule has 3 heteroatoms. The van der Waals surface area contributed by atoms with Crippen LogP contribution in [0.25, 0.3) is 6.08 Å². The van der Waals surface area contributed by atoms with Crippen LogP contribution in [0, 0.1) is 0 Å². The Balaban J connectivity index is 2.37. The van der Waals surface area contributed by atoms with Gasteiger partial charge in [0.15, 0.2) is 0 Å². The summed E-state index contributed by atoms with van der Waals surface area (Å²) >= 11 is 5.23. The third-order valence-electron chi connectivity index (χ3n) is 1.56. The van der Waals surface area contributed by atoms with Crippen LogP contribution in [0.3, 0.4) is 0 Å². The lowest BCUT2D eigenvalue weighted by Gasteiger charge is -2.02. The Labute approximate surface area is 92.0 Å². The Hall–Kier alpha value is -0.120. The zero-order valence-electron chi connectivity index (χ0n) is 7.88. The first-order valence-corrected chi connectivity index (χ1v) is 6.00. The zero-order valence-corrected chi connectivity index (χ0v) is 10.3. The quantitative estimate of drug-likeness (QED) is 0.873. The van der Waals surface area contributed by atoms with E-state index in [1.165, 1.54) is 9.35 Å². The average molecular weight is 260 g/mol. The van der Waals surface area contributed by atoms with E-state index in [9.17, 15) is 0 Å². The standard InChI is InChI=1S/C10H14BrNS/c1-8(2)12-6-3-4-10-9(11)5-7-13-10/h3-5,7-8,12H,6H2,1-2H3/b4-3+. The summed E-state index contributed by atoms with van der Waals surface area (Å²) in [5, 5.41) is 5.41. The van der Waals surface area contributed by atoms with Gasteiger partial charge in [-0.2, -0.15) is 0 Å². The lowest BCUT2D eigenvalue weighted by Crippen LogP contribution is -2.22. The summed E-state index contributed by atoms with van der Waals surface area (Å²) in [5.74, 6) is 0. The first-order chi connectivity index (χ1) is 6.20. The molecule has 1 nitrogen and oxygen atoms in total. The van der Waals surface area contributed by atoms with Crippen molar-refractivity contribution in [2.75, 3.05) is 6.54 Å². The van der Waals surface area contributed by atoms with Crippen LogP contribution in [0.2, 0.25) is 0 Å². The highest BCUT2D eigenvalue weighted by atomic mass is 79.9. The first kappa shape index (κ1) is 11.0. The summed E-state index contributed by atoms with van der Waals surface area (Å²) in [4.78, 5) is 1.28. The summed E-state index contributed by atoms with van der Waals surface area (Å²) in [7, 11) is 0. The highest BCUT2D eigenvalue weighted by Crippen LogP contribution is 2.23. The summed E-state index contributed by atoms with van der Waals surface area (Å²) in [6.45, 7) is 5.23. The van der Waals surface area contributed by atoms with E-state index in [0.717, 1.165) is 6.54 Å². The van der Waals surface area contributed by atoms with Gasteiger partial charge < -0.3 is 5.32 Å². The molecule has 1 aromatic heterocycles. The highest BCUT2D eigenvalue weighted by molar-refractivity contribution is 9.10. The van der Waals surface area contributed by atoms with Crippen LogP contribution in [-0.2, 0) is 0 Å². The third kappa shape index (κ3) is 4.07. The SMILES string of the molecule is CC(C)NC/C=C/c1sccc1Br. The minimum absolute atomic E-state index is 0.552. The van der Waals surface area contributed by atoms with E-state index in [2.05, 4.69) is 58.7 Å². The van der Waals surface area contributed by atoms with Crippen LogP contribution in [0.4, 0.5) is 0 Å². The van der Waals surface area contributed by atoms with Gasteiger partial charge in [-0.15, -0.1) is 11.3 Å². The molecule has 13 heavy (non-hydrogen) atoms. The van der Waals surface area contributed by atoms with Crippen molar-refractivity contribution in [2.45, 2.75) is 19.9 Å². The Bertz CT molecular complexity index is 278. The molecular weight excluding hydrogens is 246 g/mol. The maximum absolute atomic E-state index is 3.49. The lowest BCUT2D eigenvalue weighted by atomic mass is 10.3. The number of halogens is 1. The van der Waals surface area contributed by atoms with Crippen molar-refractivity contribution in [1.29, 1.82) is 0 Å². The number of rotatable bonds is 4.